The lowest BCUT2D eigenvalue weighted by molar-refractivity contribution is -0.119. The molecule has 8 nitrogen and oxygen atoms in total. The molecule has 4 N–H and O–H groups in total. The second-order valence-corrected chi connectivity index (χ2v) is 6.63. The van der Waals surface area contributed by atoms with E-state index in [1.54, 1.807) is 18.2 Å². The molecule has 1 aromatic carbocycles. The lowest BCUT2D eigenvalue weighted by Crippen LogP contribution is -2.57. The third-order valence-electron chi connectivity index (χ3n) is 3.32. The molecule has 0 spiro atoms. The Hall–Kier alpha value is -2.13. The molecule has 2 rings (SSSR count). The number of hydrogen-bond acceptors (Lipinski definition) is 5. The van der Waals surface area contributed by atoms with Gasteiger partial charge in [0, 0.05) is 26.1 Å². The number of urea groups is 1. The van der Waals surface area contributed by atoms with E-state index < -0.39 is 28.0 Å². The van der Waals surface area contributed by atoms with Crippen LogP contribution in [0.3, 0.4) is 0 Å². The van der Waals surface area contributed by atoms with Crippen molar-refractivity contribution < 1.29 is 18.0 Å². The van der Waals surface area contributed by atoms with Gasteiger partial charge in [-0.15, -0.1) is 0 Å². The largest absolute Gasteiger partial charge is 0.370 e. The van der Waals surface area contributed by atoms with Crippen LogP contribution in [0.2, 0.25) is 0 Å². The molecule has 1 heterocycles. The van der Waals surface area contributed by atoms with Crippen LogP contribution in [-0.4, -0.2) is 50.9 Å². The number of carbonyl (C=O) groups is 2. The second-order valence-electron chi connectivity index (χ2n) is 4.95. The van der Waals surface area contributed by atoms with Crippen LogP contribution in [0.15, 0.2) is 35.2 Å². The summed E-state index contributed by atoms with van der Waals surface area (Å²) in [5, 5.41) is 3.04. The van der Waals surface area contributed by atoms with Crippen LogP contribution in [0.25, 0.3) is 0 Å². The zero-order valence-electron chi connectivity index (χ0n) is 11.9. The normalized spacial score (nSPS) is 18.7. The van der Waals surface area contributed by atoms with Gasteiger partial charge in [0.1, 0.15) is 0 Å². The highest BCUT2D eigenvalue weighted by atomic mass is 32.2. The van der Waals surface area contributed by atoms with Crippen LogP contribution in [0, 0.1) is 0 Å². The minimum absolute atomic E-state index is 0.00457. The van der Waals surface area contributed by atoms with Crippen LogP contribution in [0.5, 0.6) is 0 Å². The predicted octanol–water partition coefficient (Wildman–Crippen LogP) is -0.766. The first-order valence-corrected chi connectivity index (χ1v) is 8.26. The Labute approximate surface area is 128 Å². The lowest BCUT2D eigenvalue weighted by atomic mass is 10.1. The molecule has 1 aliphatic heterocycles. The number of carbonyl (C=O) groups excluding carboxylic acids is 2. The Kier molecular flexibility index (Phi) is 4.99. The SMILES string of the molecule is NC(=O)CC1CNCCN1C(=O)NS(=O)(=O)c1ccccc1. The van der Waals surface area contributed by atoms with E-state index in [0.717, 1.165) is 0 Å². The first-order valence-electron chi connectivity index (χ1n) is 6.77. The Balaban J connectivity index is 2.11. The number of nitrogens with one attached hydrogen (secondary N) is 2. The minimum Gasteiger partial charge on any atom is -0.370 e. The van der Waals surface area contributed by atoms with Crippen molar-refractivity contribution in [1.29, 1.82) is 0 Å². The Morgan fingerprint density at radius 3 is 2.64 bits per heavy atom. The summed E-state index contributed by atoms with van der Waals surface area (Å²) in [6.45, 7) is 1.21. The van der Waals surface area contributed by atoms with E-state index >= 15 is 0 Å². The van der Waals surface area contributed by atoms with Crippen molar-refractivity contribution in [2.24, 2.45) is 5.73 Å². The highest BCUT2D eigenvalue weighted by Gasteiger charge is 2.30. The van der Waals surface area contributed by atoms with Crippen molar-refractivity contribution >= 4 is 22.0 Å². The first-order chi connectivity index (χ1) is 10.4. The molecule has 1 fully saturated rings. The number of hydrogen-bond donors (Lipinski definition) is 3. The minimum atomic E-state index is -3.94. The van der Waals surface area contributed by atoms with Crippen molar-refractivity contribution in [3.63, 3.8) is 0 Å². The zero-order chi connectivity index (χ0) is 16.2. The smallest absolute Gasteiger partial charge is 0.331 e. The number of amides is 3. The van der Waals surface area contributed by atoms with Crippen molar-refractivity contribution in [3.05, 3.63) is 30.3 Å². The number of nitrogens with zero attached hydrogens (tertiary/aromatic N) is 1. The van der Waals surface area contributed by atoms with E-state index in [1.807, 2.05) is 4.72 Å². The summed E-state index contributed by atoms with van der Waals surface area (Å²) in [5.41, 5.74) is 5.16. The van der Waals surface area contributed by atoms with Crippen molar-refractivity contribution in [1.82, 2.24) is 14.9 Å². The summed E-state index contributed by atoms with van der Waals surface area (Å²) in [5.74, 6) is -0.544. The molecule has 9 heteroatoms. The van der Waals surface area contributed by atoms with Gasteiger partial charge in [0.05, 0.1) is 10.9 Å². The summed E-state index contributed by atoms with van der Waals surface area (Å²) in [4.78, 5) is 24.6. The molecule has 1 unspecified atom stereocenters. The molecule has 1 aromatic rings. The highest BCUT2D eigenvalue weighted by Crippen LogP contribution is 2.11. The van der Waals surface area contributed by atoms with Gasteiger partial charge in [-0.2, -0.15) is 0 Å². The van der Waals surface area contributed by atoms with Crippen LogP contribution in [-0.2, 0) is 14.8 Å². The van der Waals surface area contributed by atoms with E-state index in [2.05, 4.69) is 5.32 Å². The number of primary amides is 1. The van der Waals surface area contributed by atoms with Crippen molar-refractivity contribution in [3.8, 4) is 0 Å². The van der Waals surface area contributed by atoms with Crippen LogP contribution < -0.4 is 15.8 Å². The average molecular weight is 326 g/mol. The molecule has 0 radical (unpaired) electrons. The van der Waals surface area contributed by atoms with Crippen molar-refractivity contribution in [2.45, 2.75) is 17.4 Å². The third kappa shape index (κ3) is 3.95. The molecule has 120 valence electrons. The molecule has 0 aliphatic carbocycles. The topological polar surface area (TPSA) is 122 Å². The van der Waals surface area contributed by atoms with E-state index in [-0.39, 0.29) is 11.3 Å². The highest BCUT2D eigenvalue weighted by molar-refractivity contribution is 7.90. The monoisotopic (exact) mass is 326 g/mol. The second kappa shape index (κ2) is 6.75. The molecule has 1 atom stereocenters. The number of benzene rings is 1. The van der Waals surface area contributed by atoms with E-state index in [0.29, 0.717) is 19.6 Å². The van der Waals surface area contributed by atoms with Gasteiger partial charge in [-0.25, -0.2) is 17.9 Å². The fourth-order valence-corrected chi connectivity index (χ4v) is 3.26. The van der Waals surface area contributed by atoms with Gasteiger partial charge in [-0.1, -0.05) is 18.2 Å². The van der Waals surface area contributed by atoms with E-state index in [9.17, 15) is 18.0 Å². The van der Waals surface area contributed by atoms with Gasteiger partial charge in [0.25, 0.3) is 10.0 Å². The molecule has 1 aliphatic rings. The fourth-order valence-electron chi connectivity index (χ4n) is 2.28. The molecule has 3 amide bonds. The quantitative estimate of drug-likeness (QED) is 0.671. The Bertz CT molecular complexity index is 647. The van der Waals surface area contributed by atoms with E-state index in [4.69, 9.17) is 5.73 Å². The van der Waals surface area contributed by atoms with Crippen LogP contribution in [0.1, 0.15) is 6.42 Å². The maximum absolute atomic E-state index is 12.2. The van der Waals surface area contributed by atoms with Gasteiger partial charge in [0.2, 0.25) is 5.91 Å². The molecule has 0 saturated carbocycles. The van der Waals surface area contributed by atoms with Gasteiger partial charge in [-0.05, 0) is 12.1 Å². The summed E-state index contributed by atoms with van der Waals surface area (Å²) < 4.78 is 26.3. The Morgan fingerprint density at radius 2 is 2.00 bits per heavy atom. The lowest BCUT2D eigenvalue weighted by Gasteiger charge is -2.35. The van der Waals surface area contributed by atoms with Crippen LogP contribution in [0.4, 0.5) is 4.79 Å². The fraction of sp³-hybridized carbons (Fsp3) is 0.385. The van der Waals surface area contributed by atoms with Crippen LogP contribution >= 0.6 is 0 Å². The molecule has 22 heavy (non-hydrogen) atoms. The Morgan fingerprint density at radius 1 is 1.32 bits per heavy atom. The van der Waals surface area contributed by atoms with Gasteiger partial charge < -0.3 is 16.0 Å². The standard InChI is InChI=1S/C13H18N4O4S/c14-12(18)8-10-9-15-6-7-17(10)13(19)16-22(20,21)11-4-2-1-3-5-11/h1-5,10,15H,6-9H2,(H2,14,18)(H,16,19). The number of piperazine rings is 1. The molecule has 1 saturated heterocycles. The van der Waals surface area contributed by atoms with Gasteiger partial charge in [0.15, 0.2) is 0 Å². The van der Waals surface area contributed by atoms with E-state index in [1.165, 1.54) is 17.0 Å². The zero-order valence-corrected chi connectivity index (χ0v) is 12.7. The molecular formula is C13H18N4O4S. The van der Waals surface area contributed by atoms with Crippen molar-refractivity contribution in [2.75, 3.05) is 19.6 Å². The van der Waals surface area contributed by atoms with Gasteiger partial charge >= 0.3 is 6.03 Å². The summed E-state index contributed by atoms with van der Waals surface area (Å²) in [7, 11) is -3.94. The molecule has 0 bridgehead atoms. The number of nitrogens with two attached hydrogens (primary N) is 1. The number of sulfonamides is 1. The summed E-state index contributed by atoms with van der Waals surface area (Å²) in [6, 6.07) is 6.40. The predicted molar refractivity (Wildman–Crippen MR) is 79.3 cm³/mol. The summed E-state index contributed by atoms with van der Waals surface area (Å²) in [6.07, 6.45) is -0.0220. The van der Waals surface area contributed by atoms with Gasteiger partial charge in [-0.3, -0.25) is 4.79 Å². The summed E-state index contributed by atoms with van der Waals surface area (Å²) >= 11 is 0. The molecule has 0 aromatic heterocycles. The first kappa shape index (κ1) is 16.2. The maximum Gasteiger partial charge on any atom is 0.331 e. The molecular weight excluding hydrogens is 308 g/mol. The third-order valence-corrected chi connectivity index (χ3v) is 4.66. The average Bonchev–Trinajstić information content (AvgIpc) is 2.47. The maximum atomic E-state index is 12.2. The number of rotatable bonds is 4.